The fourth-order valence-corrected chi connectivity index (χ4v) is 5.19. The molecule has 0 atom stereocenters. The summed E-state index contributed by atoms with van der Waals surface area (Å²) in [5.74, 6) is -2.35. The van der Waals surface area contributed by atoms with Crippen molar-refractivity contribution in [2.45, 2.75) is 45.3 Å². The van der Waals surface area contributed by atoms with Gasteiger partial charge in [0.25, 0.3) is 0 Å². The van der Waals surface area contributed by atoms with Crippen molar-refractivity contribution in [3.8, 4) is 17.2 Å². The van der Waals surface area contributed by atoms with Crippen LogP contribution in [0.15, 0.2) is 67.0 Å². The number of pyridine rings is 1. The van der Waals surface area contributed by atoms with Gasteiger partial charge in [0.2, 0.25) is 0 Å². The summed E-state index contributed by atoms with van der Waals surface area (Å²) >= 11 is 0. The van der Waals surface area contributed by atoms with Gasteiger partial charge in [-0.15, -0.1) is 0 Å². The van der Waals surface area contributed by atoms with Crippen molar-refractivity contribution in [3.63, 3.8) is 0 Å². The van der Waals surface area contributed by atoms with Crippen molar-refractivity contribution in [3.05, 3.63) is 78.4 Å². The number of hydrogen-bond acceptors (Lipinski definition) is 10. The third-order valence-corrected chi connectivity index (χ3v) is 7.69. The van der Waals surface area contributed by atoms with Crippen molar-refractivity contribution in [2.75, 3.05) is 37.7 Å². The Morgan fingerprint density at radius 3 is 2.15 bits per heavy atom. The van der Waals surface area contributed by atoms with E-state index in [2.05, 4.69) is 9.88 Å². The molecule has 14 heteroatoms. The molecule has 0 saturated carbocycles. The van der Waals surface area contributed by atoms with Crippen molar-refractivity contribution in [1.82, 2.24) is 9.88 Å². The normalized spacial score (nSPS) is 15.0. The van der Waals surface area contributed by atoms with E-state index in [1.807, 2.05) is 43.3 Å². The van der Waals surface area contributed by atoms with Gasteiger partial charge in [0, 0.05) is 45.1 Å². The molecule has 0 radical (unpaired) electrons. The number of rotatable bonds is 9. The van der Waals surface area contributed by atoms with E-state index in [0.29, 0.717) is 70.0 Å². The Kier molecular flexibility index (Phi) is 12.9. The molecule has 1 aromatic heterocycles. The zero-order valence-electron chi connectivity index (χ0n) is 26.5. The number of likely N-dealkylation sites (tertiary alicyclic amines) is 1. The number of carbonyl (C=O) groups excluding carboxylic acids is 2. The van der Waals surface area contributed by atoms with Crippen LogP contribution in [-0.4, -0.2) is 83.0 Å². The molecular formula is C34H38FN3O10. The predicted molar refractivity (Wildman–Crippen MR) is 169 cm³/mol. The van der Waals surface area contributed by atoms with Crippen LogP contribution in [0.1, 0.15) is 38.2 Å². The van der Waals surface area contributed by atoms with Crippen LogP contribution in [-0.2, 0) is 25.7 Å². The molecule has 48 heavy (non-hydrogen) atoms. The number of halogens is 1. The van der Waals surface area contributed by atoms with E-state index in [0.717, 1.165) is 17.0 Å². The first-order valence-corrected chi connectivity index (χ1v) is 15.5. The maximum Gasteiger partial charge on any atom is 0.415 e. The molecule has 2 aromatic carbocycles. The van der Waals surface area contributed by atoms with Crippen LogP contribution in [0.5, 0.6) is 17.2 Å². The van der Waals surface area contributed by atoms with E-state index in [4.69, 9.17) is 38.7 Å². The third kappa shape index (κ3) is 10.9. The second-order valence-electron chi connectivity index (χ2n) is 11.1. The standard InChI is InChI=1S/C32H36FN3O6.C2H2O4/c1-2-39-31(37)24-10-14-35(15-11-24)26-19-30(21-34-20-26)42-32(38)36-16-12-29(13-17-36)41-28-8-6-27(7-9-28)40-22-23-4-3-5-25(33)18-23;3-1(4)2(5)6/h3-9,18-21,24,29H,2,10-17,22H2,1H3;(H,3,4)(H,5,6). The Morgan fingerprint density at radius 1 is 0.854 bits per heavy atom. The molecule has 256 valence electrons. The lowest BCUT2D eigenvalue weighted by Crippen LogP contribution is -2.43. The number of carboxylic acids is 2. The molecule has 0 aliphatic carbocycles. The third-order valence-electron chi connectivity index (χ3n) is 7.69. The maximum absolute atomic E-state index is 13.3. The number of carbonyl (C=O) groups is 4. The largest absolute Gasteiger partial charge is 0.490 e. The smallest absolute Gasteiger partial charge is 0.415 e. The summed E-state index contributed by atoms with van der Waals surface area (Å²) < 4.78 is 36.0. The Bertz CT molecular complexity index is 1530. The summed E-state index contributed by atoms with van der Waals surface area (Å²) in [7, 11) is 0. The predicted octanol–water partition coefficient (Wildman–Crippen LogP) is 4.78. The average Bonchev–Trinajstić information content (AvgIpc) is 3.09. The SMILES string of the molecule is CCOC(=O)C1CCN(c2cncc(OC(=O)N3CCC(Oc4ccc(OCc5cccc(F)c5)cc4)CC3)c2)CC1.O=C(O)C(=O)O. The molecule has 2 aliphatic heterocycles. The van der Waals surface area contributed by atoms with Crippen molar-refractivity contribution >= 4 is 29.7 Å². The Morgan fingerprint density at radius 2 is 1.52 bits per heavy atom. The summed E-state index contributed by atoms with van der Waals surface area (Å²) in [5.41, 5.74) is 1.62. The fraction of sp³-hybridized carbons (Fsp3) is 0.382. The number of piperidine rings is 2. The molecule has 2 N–H and O–H groups in total. The summed E-state index contributed by atoms with van der Waals surface area (Å²) in [6, 6.07) is 15.5. The number of aromatic nitrogens is 1. The zero-order chi connectivity index (χ0) is 34.5. The first kappa shape index (κ1) is 35.5. The van der Waals surface area contributed by atoms with Crippen LogP contribution >= 0.6 is 0 Å². The van der Waals surface area contributed by atoms with E-state index in [1.54, 1.807) is 17.2 Å². The molecule has 1 amide bonds. The first-order valence-electron chi connectivity index (χ1n) is 15.5. The Balaban J connectivity index is 0.000000794. The number of carboxylic acid groups (broad SMARTS) is 2. The fourth-order valence-electron chi connectivity index (χ4n) is 5.19. The topological polar surface area (TPSA) is 165 Å². The van der Waals surface area contributed by atoms with Crippen molar-refractivity contribution in [2.24, 2.45) is 5.92 Å². The highest BCUT2D eigenvalue weighted by atomic mass is 19.1. The Hall–Kier alpha value is -5.40. The van der Waals surface area contributed by atoms with Crippen LogP contribution in [0.4, 0.5) is 14.9 Å². The molecule has 2 saturated heterocycles. The summed E-state index contributed by atoms with van der Waals surface area (Å²) in [6.45, 7) is 4.95. The molecule has 0 bridgehead atoms. The van der Waals surface area contributed by atoms with Crippen LogP contribution < -0.4 is 19.1 Å². The average molecular weight is 668 g/mol. The molecule has 2 aliphatic rings. The van der Waals surface area contributed by atoms with Crippen molar-refractivity contribution < 1.29 is 52.7 Å². The molecule has 5 rings (SSSR count). The number of ether oxygens (including phenoxy) is 4. The minimum Gasteiger partial charge on any atom is -0.490 e. The molecule has 0 unspecified atom stereocenters. The van der Waals surface area contributed by atoms with Crippen LogP contribution in [0.25, 0.3) is 0 Å². The number of benzene rings is 2. The number of anilines is 1. The van der Waals surface area contributed by atoms with Gasteiger partial charge in [0.05, 0.1) is 30.6 Å². The number of aliphatic carboxylic acids is 2. The van der Waals surface area contributed by atoms with Gasteiger partial charge in [-0.1, -0.05) is 12.1 Å². The summed E-state index contributed by atoms with van der Waals surface area (Å²) in [5, 5.41) is 14.8. The second-order valence-corrected chi connectivity index (χ2v) is 11.1. The van der Waals surface area contributed by atoms with Crippen LogP contribution in [0, 0.1) is 11.7 Å². The minimum absolute atomic E-state index is 0.0179. The maximum atomic E-state index is 13.3. The lowest BCUT2D eigenvalue weighted by molar-refractivity contribution is -0.159. The van der Waals surface area contributed by atoms with Crippen LogP contribution in [0.2, 0.25) is 0 Å². The molecule has 13 nitrogen and oxygen atoms in total. The number of esters is 1. The molecule has 0 spiro atoms. The van der Waals surface area contributed by atoms with Gasteiger partial charge in [-0.3, -0.25) is 9.78 Å². The van der Waals surface area contributed by atoms with Gasteiger partial charge in [0.1, 0.15) is 30.0 Å². The summed E-state index contributed by atoms with van der Waals surface area (Å²) in [4.78, 5) is 51.2. The Labute approximate surface area is 276 Å². The van der Waals surface area contributed by atoms with Gasteiger partial charge >= 0.3 is 24.0 Å². The highest BCUT2D eigenvalue weighted by Gasteiger charge is 2.28. The second kappa shape index (κ2) is 17.5. The van der Waals surface area contributed by atoms with E-state index < -0.39 is 18.0 Å². The van der Waals surface area contributed by atoms with E-state index in [1.165, 1.54) is 18.3 Å². The van der Waals surface area contributed by atoms with Crippen LogP contribution in [0.3, 0.4) is 0 Å². The van der Waals surface area contributed by atoms with Gasteiger partial charge < -0.3 is 39.0 Å². The van der Waals surface area contributed by atoms with E-state index >= 15 is 0 Å². The van der Waals surface area contributed by atoms with E-state index in [-0.39, 0.29) is 30.4 Å². The van der Waals surface area contributed by atoms with Gasteiger partial charge in [-0.2, -0.15) is 0 Å². The molecular weight excluding hydrogens is 629 g/mol. The quantitative estimate of drug-likeness (QED) is 0.237. The first-order chi connectivity index (χ1) is 23.1. The zero-order valence-corrected chi connectivity index (χ0v) is 26.5. The minimum atomic E-state index is -1.82. The number of nitrogens with zero attached hydrogens (tertiary/aromatic N) is 3. The van der Waals surface area contributed by atoms with E-state index in [9.17, 15) is 14.0 Å². The van der Waals surface area contributed by atoms with Gasteiger partial charge in [-0.25, -0.2) is 18.8 Å². The molecule has 2 fully saturated rings. The van der Waals surface area contributed by atoms with Gasteiger partial charge in [0.15, 0.2) is 5.75 Å². The highest BCUT2D eigenvalue weighted by Crippen LogP contribution is 2.27. The number of amides is 1. The monoisotopic (exact) mass is 667 g/mol. The van der Waals surface area contributed by atoms with Crippen molar-refractivity contribution in [1.29, 1.82) is 0 Å². The highest BCUT2D eigenvalue weighted by molar-refractivity contribution is 6.27. The molecule has 3 heterocycles. The number of hydrogen-bond donors (Lipinski definition) is 2. The summed E-state index contributed by atoms with van der Waals surface area (Å²) in [6.07, 6.45) is 5.65. The lowest BCUT2D eigenvalue weighted by Gasteiger charge is -2.33. The lowest BCUT2D eigenvalue weighted by atomic mass is 9.97. The van der Waals surface area contributed by atoms with Gasteiger partial charge in [-0.05, 0) is 61.7 Å². The molecule has 3 aromatic rings.